The Bertz CT molecular complexity index is 956. The van der Waals surface area contributed by atoms with E-state index >= 15 is 4.39 Å². The Hall–Kier alpha value is -1.69. The van der Waals surface area contributed by atoms with Crippen LogP contribution in [-0.4, -0.2) is 51.3 Å². The third kappa shape index (κ3) is 5.44. The van der Waals surface area contributed by atoms with Gasteiger partial charge in [-0.3, -0.25) is 9.88 Å². The lowest BCUT2D eigenvalue weighted by Crippen LogP contribution is -2.48. The van der Waals surface area contributed by atoms with Crippen LogP contribution >= 0.6 is 23.2 Å². The number of piperidine rings is 1. The number of nitrogens with one attached hydrogen (secondary N) is 1. The number of hydrogen-bond acceptors (Lipinski definition) is 6. The van der Waals surface area contributed by atoms with E-state index < -0.39 is 41.5 Å². The van der Waals surface area contributed by atoms with E-state index in [4.69, 9.17) is 28.3 Å². The Balaban J connectivity index is 1.64. The summed E-state index contributed by atoms with van der Waals surface area (Å²) >= 11 is 11.8. The predicted octanol–water partition coefficient (Wildman–Crippen LogP) is 4.08. The quantitative estimate of drug-likeness (QED) is 0.355. The second kappa shape index (κ2) is 9.66. The molecule has 6 nitrogen and oxygen atoms in total. The number of alkyl halides is 4. The maximum absolute atomic E-state index is 15.5. The molecule has 176 valence electrons. The average molecular weight is 498 g/mol. The molecular formula is C20H21Cl2F4N3O3. The molecule has 12 heteroatoms. The molecule has 4 N–H and O–H groups in total. The lowest BCUT2D eigenvalue weighted by atomic mass is 9.89. The molecule has 1 aliphatic rings. The lowest BCUT2D eigenvalue weighted by molar-refractivity contribution is -0.137. The summed E-state index contributed by atoms with van der Waals surface area (Å²) < 4.78 is 54.0. The molecular weight excluding hydrogens is 477 g/mol. The van der Waals surface area contributed by atoms with Gasteiger partial charge in [0.2, 0.25) is 0 Å². The normalized spacial score (nSPS) is 18.9. The molecule has 0 radical (unpaired) electrons. The number of hydrogen-bond donors (Lipinski definition) is 4. The first-order valence-corrected chi connectivity index (χ1v) is 10.4. The number of aliphatic hydroxyl groups excluding tert-OH is 3. The van der Waals surface area contributed by atoms with Crippen molar-refractivity contribution in [2.75, 3.05) is 25.0 Å². The van der Waals surface area contributed by atoms with Crippen molar-refractivity contribution in [3.8, 4) is 0 Å². The van der Waals surface area contributed by atoms with Gasteiger partial charge in [-0.1, -0.05) is 23.2 Å². The number of pyridine rings is 1. The Morgan fingerprint density at radius 2 is 1.78 bits per heavy atom. The number of halogens is 6. The number of aromatic nitrogens is 1. The maximum atomic E-state index is 15.5. The van der Waals surface area contributed by atoms with E-state index in [0.717, 1.165) is 18.2 Å². The van der Waals surface area contributed by atoms with E-state index in [1.807, 2.05) is 0 Å². The van der Waals surface area contributed by atoms with E-state index in [1.165, 1.54) is 17.2 Å². The Kier molecular flexibility index (Phi) is 7.53. The van der Waals surface area contributed by atoms with Crippen molar-refractivity contribution in [2.24, 2.45) is 0 Å². The number of rotatable bonds is 6. The van der Waals surface area contributed by atoms with Gasteiger partial charge < -0.3 is 20.6 Å². The van der Waals surface area contributed by atoms with Gasteiger partial charge in [0.1, 0.15) is 6.10 Å². The maximum Gasteiger partial charge on any atom is 0.417 e. The van der Waals surface area contributed by atoms with E-state index in [0.29, 0.717) is 0 Å². The summed E-state index contributed by atoms with van der Waals surface area (Å²) in [4.78, 5) is 5.55. The van der Waals surface area contributed by atoms with Gasteiger partial charge in [-0.05, 0) is 24.3 Å². The zero-order valence-electron chi connectivity index (χ0n) is 16.6. The second-order valence-corrected chi connectivity index (χ2v) is 8.32. The SMILES string of the molecule is OC[C@H](O)c1cnc(C2(F)CCN(C(O)Nc3ccc(C(F)(F)F)c(Cl)c3)CC2)c(Cl)c1. The van der Waals surface area contributed by atoms with Crippen LogP contribution in [0.5, 0.6) is 0 Å². The zero-order chi connectivity index (χ0) is 23.7. The smallest absolute Gasteiger partial charge is 0.393 e. The number of nitrogens with zero attached hydrogens (tertiary/aromatic N) is 2. The summed E-state index contributed by atoms with van der Waals surface area (Å²) in [5.74, 6) is 0. The molecule has 2 atom stereocenters. The largest absolute Gasteiger partial charge is 0.417 e. The lowest BCUT2D eigenvalue weighted by Gasteiger charge is -2.38. The van der Waals surface area contributed by atoms with Crippen LogP contribution in [0.1, 0.15) is 35.8 Å². The van der Waals surface area contributed by atoms with Crippen molar-refractivity contribution >= 4 is 28.9 Å². The summed E-state index contributed by atoms with van der Waals surface area (Å²) in [6.07, 6.45) is -5.89. The summed E-state index contributed by atoms with van der Waals surface area (Å²) in [6, 6.07) is 4.37. The van der Waals surface area contributed by atoms with Gasteiger partial charge in [0.05, 0.1) is 27.9 Å². The van der Waals surface area contributed by atoms with Gasteiger partial charge in [-0.25, -0.2) is 4.39 Å². The van der Waals surface area contributed by atoms with Crippen LogP contribution in [0.3, 0.4) is 0 Å². The average Bonchev–Trinajstić information content (AvgIpc) is 2.72. The summed E-state index contributed by atoms with van der Waals surface area (Å²) in [5.41, 5.74) is -2.41. The second-order valence-electron chi connectivity index (χ2n) is 7.51. The first-order valence-electron chi connectivity index (χ1n) is 9.64. The van der Waals surface area contributed by atoms with Crippen LogP contribution in [0.25, 0.3) is 0 Å². The summed E-state index contributed by atoms with van der Waals surface area (Å²) in [6.45, 7) is -0.307. The van der Waals surface area contributed by atoms with Crippen LogP contribution in [0.4, 0.5) is 23.2 Å². The van der Waals surface area contributed by atoms with Gasteiger partial charge in [0.15, 0.2) is 12.0 Å². The first-order chi connectivity index (χ1) is 14.9. The molecule has 0 aliphatic carbocycles. The van der Waals surface area contributed by atoms with Crippen molar-refractivity contribution in [3.05, 3.63) is 57.3 Å². The van der Waals surface area contributed by atoms with Crippen molar-refractivity contribution in [3.63, 3.8) is 0 Å². The molecule has 1 aromatic carbocycles. The minimum atomic E-state index is -4.59. The van der Waals surface area contributed by atoms with Gasteiger partial charge in [-0.15, -0.1) is 0 Å². The Labute approximate surface area is 191 Å². The fourth-order valence-electron chi connectivity index (χ4n) is 3.51. The fourth-order valence-corrected chi connectivity index (χ4v) is 4.14. The standard InChI is InChI=1S/C20H21Cl2F4N3O3/c21-14-8-12(1-2-13(14)20(24,25)26)28-18(32)29-5-3-19(23,4-6-29)17-15(22)7-11(9-27-17)16(31)10-30/h1-2,7-9,16,18,28,30-32H,3-6,10H2/t16-,18?/m0/s1. The van der Waals surface area contributed by atoms with Crippen LogP contribution in [0.15, 0.2) is 30.5 Å². The van der Waals surface area contributed by atoms with E-state index in [2.05, 4.69) is 10.3 Å². The monoisotopic (exact) mass is 497 g/mol. The van der Waals surface area contributed by atoms with Gasteiger partial charge in [0, 0.05) is 43.4 Å². The van der Waals surface area contributed by atoms with E-state index in [-0.39, 0.29) is 47.9 Å². The number of likely N-dealkylation sites (tertiary alicyclic amines) is 1. The molecule has 1 aliphatic heterocycles. The molecule has 1 fully saturated rings. The third-order valence-corrected chi connectivity index (χ3v) is 5.95. The van der Waals surface area contributed by atoms with Gasteiger partial charge in [0.25, 0.3) is 0 Å². The minimum Gasteiger partial charge on any atom is -0.393 e. The highest BCUT2D eigenvalue weighted by Crippen LogP contribution is 2.40. The molecule has 0 spiro atoms. The van der Waals surface area contributed by atoms with E-state index in [9.17, 15) is 23.4 Å². The number of benzene rings is 1. The van der Waals surface area contributed by atoms with Crippen molar-refractivity contribution in [1.29, 1.82) is 0 Å². The van der Waals surface area contributed by atoms with Crippen LogP contribution in [0, 0.1) is 0 Å². The Morgan fingerprint density at radius 3 is 2.31 bits per heavy atom. The first kappa shape index (κ1) is 24.9. The molecule has 1 aromatic heterocycles. The third-order valence-electron chi connectivity index (χ3n) is 5.35. The highest BCUT2D eigenvalue weighted by molar-refractivity contribution is 6.31. The number of aliphatic hydroxyl groups is 3. The van der Waals surface area contributed by atoms with Gasteiger partial charge in [-0.2, -0.15) is 13.2 Å². The van der Waals surface area contributed by atoms with E-state index in [1.54, 1.807) is 0 Å². The molecule has 32 heavy (non-hydrogen) atoms. The topological polar surface area (TPSA) is 88.9 Å². The molecule has 0 bridgehead atoms. The van der Waals surface area contributed by atoms with Crippen molar-refractivity contribution in [2.45, 2.75) is 37.1 Å². The zero-order valence-corrected chi connectivity index (χ0v) is 18.1. The molecule has 2 aromatic rings. The molecule has 1 unspecified atom stereocenters. The molecule has 2 heterocycles. The van der Waals surface area contributed by atoms with Crippen LogP contribution in [-0.2, 0) is 11.8 Å². The van der Waals surface area contributed by atoms with Crippen molar-refractivity contribution < 1.29 is 32.9 Å². The highest BCUT2D eigenvalue weighted by Gasteiger charge is 2.41. The van der Waals surface area contributed by atoms with Crippen LogP contribution < -0.4 is 5.32 Å². The number of anilines is 1. The predicted molar refractivity (Wildman–Crippen MR) is 111 cm³/mol. The molecule has 3 rings (SSSR count). The fraction of sp³-hybridized carbons (Fsp3) is 0.450. The van der Waals surface area contributed by atoms with Crippen LogP contribution in [0.2, 0.25) is 10.0 Å². The molecule has 0 amide bonds. The molecule has 1 saturated heterocycles. The molecule has 0 saturated carbocycles. The Morgan fingerprint density at radius 1 is 1.12 bits per heavy atom. The highest BCUT2D eigenvalue weighted by atomic mass is 35.5. The minimum absolute atomic E-state index is 0.00433. The van der Waals surface area contributed by atoms with Crippen molar-refractivity contribution in [1.82, 2.24) is 9.88 Å². The summed E-state index contributed by atoms with van der Waals surface area (Å²) in [5, 5.41) is 31.2. The summed E-state index contributed by atoms with van der Waals surface area (Å²) in [7, 11) is 0. The van der Waals surface area contributed by atoms with Gasteiger partial charge >= 0.3 is 6.18 Å².